The summed E-state index contributed by atoms with van der Waals surface area (Å²) in [5.41, 5.74) is 1.04. The monoisotopic (exact) mass is 259 g/mol. The Bertz CT molecular complexity index is 312. The van der Waals surface area contributed by atoms with Crippen molar-refractivity contribution in [1.29, 1.82) is 0 Å². The predicted molar refractivity (Wildman–Crippen MR) is 68.9 cm³/mol. The summed E-state index contributed by atoms with van der Waals surface area (Å²) >= 11 is 0. The van der Waals surface area contributed by atoms with E-state index in [2.05, 4.69) is 5.32 Å². The molecule has 2 nitrogen and oxygen atoms in total. The van der Waals surface area contributed by atoms with Gasteiger partial charge in [0, 0.05) is 6.61 Å². The van der Waals surface area contributed by atoms with Gasteiger partial charge < -0.3 is 10.1 Å². The summed E-state index contributed by atoms with van der Waals surface area (Å²) < 4.78 is 18.3. The SMILES string of the molecule is Cl.Fc1ccc(COCC2CCNCC2)cc1. The summed E-state index contributed by atoms with van der Waals surface area (Å²) in [4.78, 5) is 0. The molecule has 1 aromatic rings. The number of hydrogen-bond acceptors (Lipinski definition) is 2. The zero-order valence-electron chi connectivity index (χ0n) is 9.82. The highest BCUT2D eigenvalue weighted by molar-refractivity contribution is 5.85. The molecule has 1 aliphatic heterocycles. The Labute approximate surface area is 108 Å². The standard InChI is InChI=1S/C13H18FNO.ClH/c14-13-3-1-11(2-4-13)9-16-10-12-5-7-15-8-6-12;/h1-4,12,15H,5-10H2;1H. The molecule has 0 amide bonds. The summed E-state index contributed by atoms with van der Waals surface area (Å²) in [6, 6.07) is 6.50. The lowest BCUT2D eigenvalue weighted by atomic mass is 9.99. The quantitative estimate of drug-likeness (QED) is 0.898. The van der Waals surface area contributed by atoms with Gasteiger partial charge in [0.15, 0.2) is 0 Å². The van der Waals surface area contributed by atoms with Gasteiger partial charge in [0.05, 0.1) is 6.61 Å². The molecule has 0 aliphatic carbocycles. The molecule has 1 saturated heterocycles. The molecular weight excluding hydrogens is 241 g/mol. The van der Waals surface area contributed by atoms with E-state index in [1.54, 1.807) is 12.1 Å². The fourth-order valence-electron chi connectivity index (χ4n) is 1.97. The van der Waals surface area contributed by atoms with Crippen LogP contribution >= 0.6 is 12.4 Å². The first-order chi connectivity index (χ1) is 7.84. The van der Waals surface area contributed by atoms with Crippen molar-refractivity contribution < 1.29 is 9.13 Å². The van der Waals surface area contributed by atoms with Crippen molar-refractivity contribution in [3.8, 4) is 0 Å². The van der Waals surface area contributed by atoms with E-state index in [9.17, 15) is 4.39 Å². The third-order valence-electron chi connectivity index (χ3n) is 2.99. The minimum absolute atomic E-state index is 0. The third-order valence-corrected chi connectivity index (χ3v) is 2.99. The maximum absolute atomic E-state index is 12.7. The first-order valence-corrected chi connectivity index (χ1v) is 5.87. The van der Waals surface area contributed by atoms with Gasteiger partial charge >= 0.3 is 0 Å². The van der Waals surface area contributed by atoms with Crippen LogP contribution < -0.4 is 5.32 Å². The minimum Gasteiger partial charge on any atom is -0.376 e. The van der Waals surface area contributed by atoms with Crippen LogP contribution in [-0.2, 0) is 11.3 Å². The smallest absolute Gasteiger partial charge is 0.123 e. The first kappa shape index (κ1) is 14.4. The Morgan fingerprint density at radius 1 is 1.18 bits per heavy atom. The van der Waals surface area contributed by atoms with Crippen molar-refractivity contribution >= 4 is 12.4 Å². The molecule has 0 bridgehead atoms. The molecule has 2 rings (SSSR count). The highest BCUT2D eigenvalue weighted by Crippen LogP contribution is 2.13. The fourth-order valence-corrected chi connectivity index (χ4v) is 1.97. The second kappa shape index (κ2) is 7.64. The van der Waals surface area contributed by atoms with Gasteiger partial charge in [-0.25, -0.2) is 4.39 Å². The summed E-state index contributed by atoms with van der Waals surface area (Å²) in [6.45, 7) is 3.61. The molecule has 1 N–H and O–H groups in total. The number of rotatable bonds is 4. The summed E-state index contributed by atoms with van der Waals surface area (Å²) in [5.74, 6) is 0.490. The van der Waals surface area contributed by atoms with Gasteiger partial charge in [-0.1, -0.05) is 12.1 Å². The van der Waals surface area contributed by atoms with E-state index in [4.69, 9.17) is 4.74 Å². The van der Waals surface area contributed by atoms with Crippen molar-refractivity contribution in [3.63, 3.8) is 0 Å². The topological polar surface area (TPSA) is 21.3 Å². The highest BCUT2D eigenvalue weighted by Gasteiger charge is 2.12. The van der Waals surface area contributed by atoms with Crippen molar-refractivity contribution in [1.82, 2.24) is 5.32 Å². The van der Waals surface area contributed by atoms with Gasteiger partial charge in [0.25, 0.3) is 0 Å². The molecule has 0 radical (unpaired) electrons. The number of nitrogens with one attached hydrogen (secondary N) is 1. The molecule has 1 aromatic carbocycles. The second-order valence-electron chi connectivity index (χ2n) is 4.33. The fraction of sp³-hybridized carbons (Fsp3) is 0.538. The lowest BCUT2D eigenvalue weighted by Crippen LogP contribution is -2.29. The molecule has 1 aliphatic rings. The van der Waals surface area contributed by atoms with E-state index >= 15 is 0 Å². The first-order valence-electron chi connectivity index (χ1n) is 5.87. The third kappa shape index (κ3) is 5.02. The molecule has 17 heavy (non-hydrogen) atoms. The van der Waals surface area contributed by atoms with Crippen LogP contribution in [0, 0.1) is 11.7 Å². The molecule has 4 heteroatoms. The minimum atomic E-state index is -0.192. The Morgan fingerprint density at radius 3 is 2.47 bits per heavy atom. The maximum Gasteiger partial charge on any atom is 0.123 e. The highest BCUT2D eigenvalue weighted by atomic mass is 35.5. The van der Waals surface area contributed by atoms with Crippen LogP contribution in [0.25, 0.3) is 0 Å². The van der Waals surface area contributed by atoms with E-state index < -0.39 is 0 Å². The summed E-state index contributed by atoms with van der Waals surface area (Å²) in [7, 11) is 0. The van der Waals surface area contributed by atoms with Gasteiger partial charge in [-0.2, -0.15) is 0 Å². The Kier molecular flexibility index (Phi) is 6.48. The number of halogens is 2. The number of hydrogen-bond donors (Lipinski definition) is 1. The molecule has 0 atom stereocenters. The van der Waals surface area contributed by atoms with Gasteiger partial charge in [-0.05, 0) is 49.5 Å². The zero-order chi connectivity index (χ0) is 11.2. The summed E-state index contributed by atoms with van der Waals surface area (Å²) in [5, 5.41) is 3.33. The normalized spacial score (nSPS) is 16.5. The molecule has 0 unspecified atom stereocenters. The summed E-state index contributed by atoms with van der Waals surface area (Å²) in [6.07, 6.45) is 2.40. The molecule has 0 saturated carbocycles. The molecular formula is C13H19ClFNO. The van der Waals surface area contributed by atoms with Gasteiger partial charge in [0.2, 0.25) is 0 Å². The van der Waals surface area contributed by atoms with E-state index in [-0.39, 0.29) is 18.2 Å². The largest absolute Gasteiger partial charge is 0.376 e. The molecule has 0 aromatic heterocycles. The van der Waals surface area contributed by atoms with E-state index in [1.807, 2.05) is 0 Å². The molecule has 0 spiro atoms. The van der Waals surface area contributed by atoms with E-state index in [1.165, 1.54) is 25.0 Å². The average Bonchev–Trinajstić information content (AvgIpc) is 2.33. The van der Waals surface area contributed by atoms with Gasteiger partial charge in [-0.15, -0.1) is 12.4 Å². The molecule has 1 fully saturated rings. The average molecular weight is 260 g/mol. The predicted octanol–water partition coefficient (Wildman–Crippen LogP) is 2.76. The van der Waals surface area contributed by atoms with E-state index in [0.29, 0.717) is 12.5 Å². The van der Waals surface area contributed by atoms with Gasteiger partial charge in [-0.3, -0.25) is 0 Å². The van der Waals surface area contributed by atoms with Crippen molar-refractivity contribution in [2.24, 2.45) is 5.92 Å². The van der Waals surface area contributed by atoms with Crippen molar-refractivity contribution in [2.75, 3.05) is 19.7 Å². The van der Waals surface area contributed by atoms with Crippen LogP contribution in [0.5, 0.6) is 0 Å². The zero-order valence-corrected chi connectivity index (χ0v) is 10.6. The van der Waals surface area contributed by atoms with Crippen LogP contribution in [0.3, 0.4) is 0 Å². The molecule has 1 heterocycles. The van der Waals surface area contributed by atoms with Crippen LogP contribution in [0.2, 0.25) is 0 Å². The number of piperidine rings is 1. The maximum atomic E-state index is 12.7. The Balaban J connectivity index is 0.00000144. The molecule has 96 valence electrons. The van der Waals surface area contributed by atoms with E-state index in [0.717, 1.165) is 25.3 Å². The van der Waals surface area contributed by atoms with Crippen molar-refractivity contribution in [3.05, 3.63) is 35.6 Å². The van der Waals surface area contributed by atoms with Crippen LogP contribution in [0.4, 0.5) is 4.39 Å². The Morgan fingerprint density at radius 2 is 1.82 bits per heavy atom. The van der Waals surface area contributed by atoms with Gasteiger partial charge in [0.1, 0.15) is 5.82 Å². The van der Waals surface area contributed by atoms with Crippen LogP contribution in [0.1, 0.15) is 18.4 Å². The number of ether oxygens (including phenoxy) is 1. The van der Waals surface area contributed by atoms with Crippen LogP contribution in [-0.4, -0.2) is 19.7 Å². The number of benzene rings is 1. The Hall–Kier alpha value is -0.640. The van der Waals surface area contributed by atoms with Crippen molar-refractivity contribution in [2.45, 2.75) is 19.4 Å². The van der Waals surface area contributed by atoms with Crippen LogP contribution in [0.15, 0.2) is 24.3 Å². The lowest BCUT2D eigenvalue weighted by Gasteiger charge is -2.22. The second-order valence-corrected chi connectivity index (χ2v) is 4.33. The lowest BCUT2D eigenvalue weighted by molar-refractivity contribution is 0.0763.